The second kappa shape index (κ2) is 9.30. The van der Waals surface area contributed by atoms with Crippen LogP contribution in [0.2, 0.25) is 0 Å². The number of hydrogen-bond acceptors (Lipinski definition) is 10. The van der Waals surface area contributed by atoms with Crippen molar-refractivity contribution in [1.82, 2.24) is 25.3 Å². The number of hydrogen-bond donors (Lipinski definition) is 3. The number of aromatic amines is 1. The average Bonchev–Trinajstić information content (AvgIpc) is 3.43. The third kappa shape index (κ3) is 4.84. The lowest BCUT2D eigenvalue weighted by molar-refractivity contribution is 0.392. The predicted octanol–water partition coefficient (Wildman–Crippen LogP) is 4.43. The van der Waals surface area contributed by atoms with Crippen LogP contribution in [-0.4, -0.2) is 40.8 Å². The predicted molar refractivity (Wildman–Crippen MR) is 135 cm³/mol. The van der Waals surface area contributed by atoms with Gasteiger partial charge in [-0.05, 0) is 56.3 Å². The SMILES string of the molecule is COc1ccc(S(=O)(=O)Cc2cc(C)on2)cc1Nc1nccc(Nc2ccc3c(C)n[nH]c3c2)n1. The lowest BCUT2D eigenvalue weighted by Gasteiger charge is -2.13. The number of H-pyrrole nitrogens is 1. The fourth-order valence-electron chi connectivity index (χ4n) is 3.73. The Labute approximate surface area is 206 Å². The zero-order valence-corrected chi connectivity index (χ0v) is 20.5. The van der Waals surface area contributed by atoms with E-state index in [9.17, 15) is 8.42 Å². The molecule has 3 N–H and O–H groups in total. The van der Waals surface area contributed by atoms with E-state index in [0.717, 1.165) is 22.3 Å². The number of benzene rings is 2. The number of nitrogens with zero attached hydrogens (tertiary/aromatic N) is 4. The normalized spacial score (nSPS) is 11.5. The van der Waals surface area contributed by atoms with Gasteiger partial charge in [-0.1, -0.05) is 5.16 Å². The number of aromatic nitrogens is 5. The molecule has 2 aromatic carbocycles. The van der Waals surface area contributed by atoms with E-state index < -0.39 is 9.84 Å². The van der Waals surface area contributed by atoms with E-state index in [-0.39, 0.29) is 16.6 Å². The summed E-state index contributed by atoms with van der Waals surface area (Å²) in [5, 5.41) is 18.4. The van der Waals surface area contributed by atoms with E-state index in [1.165, 1.54) is 19.2 Å². The molecule has 0 spiro atoms. The van der Waals surface area contributed by atoms with Crippen LogP contribution in [0.25, 0.3) is 10.9 Å². The highest BCUT2D eigenvalue weighted by atomic mass is 32.2. The van der Waals surface area contributed by atoms with Gasteiger partial charge >= 0.3 is 0 Å². The van der Waals surface area contributed by atoms with E-state index in [1.54, 1.807) is 31.3 Å². The summed E-state index contributed by atoms with van der Waals surface area (Å²) in [5.41, 5.74) is 3.40. The Morgan fingerprint density at radius 3 is 2.69 bits per heavy atom. The molecule has 0 aliphatic heterocycles. The van der Waals surface area contributed by atoms with Crippen LogP contribution in [-0.2, 0) is 15.6 Å². The number of rotatable bonds is 8. The molecule has 0 saturated carbocycles. The number of nitrogens with one attached hydrogen (secondary N) is 3. The molecular weight excluding hydrogens is 482 g/mol. The van der Waals surface area contributed by atoms with E-state index in [0.29, 0.717) is 28.7 Å². The van der Waals surface area contributed by atoms with E-state index >= 15 is 0 Å². The van der Waals surface area contributed by atoms with Crippen molar-refractivity contribution in [1.29, 1.82) is 0 Å². The van der Waals surface area contributed by atoms with Gasteiger partial charge in [0.25, 0.3) is 0 Å². The van der Waals surface area contributed by atoms with Gasteiger partial charge in [-0.25, -0.2) is 13.4 Å². The summed E-state index contributed by atoms with van der Waals surface area (Å²) in [6.45, 7) is 3.65. The molecule has 36 heavy (non-hydrogen) atoms. The van der Waals surface area contributed by atoms with Gasteiger partial charge in [-0.15, -0.1) is 0 Å². The maximum absolute atomic E-state index is 13.0. The molecule has 5 aromatic rings. The topological polar surface area (TPSA) is 148 Å². The van der Waals surface area contributed by atoms with Crippen molar-refractivity contribution < 1.29 is 17.7 Å². The summed E-state index contributed by atoms with van der Waals surface area (Å²) in [7, 11) is -2.19. The van der Waals surface area contributed by atoms with Crippen molar-refractivity contribution in [3.8, 4) is 5.75 Å². The zero-order valence-electron chi connectivity index (χ0n) is 19.7. The number of anilines is 4. The average molecular weight is 506 g/mol. The molecule has 0 atom stereocenters. The summed E-state index contributed by atoms with van der Waals surface area (Å²) in [4.78, 5) is 8.86. The smallest absolute Gasteiger partial charge is 0.229 e. The van der Waals surface area contributed by atoms with Gasteiger partial charge in [0.2, 0.25) is 5.95 Å². The summed E-state index contributed by atoms with van der Waals surface area (Å²) in [6, 6.07) is 13.7. The Morgan fingerprint density at radius 1 is 1.06 bits per heavy atom. The van der Waals surface area contributed by atoms with Crippen molar-refractivity contribution in [3.05, 3.63) is 71.9 Å². The molecule has 12 heteroatoms. The Balaban J connectivity index is 1.38. The minimum Gasteiger partial charge on any atom is -0.495 e. The Morgan fingerprint density at radius 2 is 1.92 bits per heavy atom. The molecule has 11 nitrogen and oxygen atoms in total. The standard InChI is InChI=1S/C24H23N7O4S/c1-14-10-17(31-35-14)13-36(32,33)18-5-7-22(34-3)21(12-18)27-24-25-9-8-23(28-24)26-16-4-6-19-15(2)29-30-20(19)11-16/h4-12H,13H2,1-3H3,(H,29,30)(H2,25,26,27,28). The molecule has 3 heterocycles. The maximum Gasteiger partial charge on any atom is 0.229 e. The first-order valence-corrected chi connectivity index (χ1v) is 12.6. The second-order valence-corrected chi connectivity index (χ2v) is 10.1. The first-order chi connectivity index (χ1) is 17.3. The molecule has 0 bridgehead atoms. The molecule has 0 fully saturated rings. The van der Waals surface area contributed by atoms with Crippen molar-refractivity contribution in [2.75, 3.05) is 17.7 Å². The van der Waals surface area contributed by atoms with Crippen molar-refractivity contribution in [3.63, 3.8) is 0 Å². The van der Waals surface area contributed by atoms with Gasteiger partial charge in [0.1, 0.15) is 23.1 Å². The van der Waals surface area contributed by atoms with Gasteiger partial charge in [0.05, 0.1) is 34.6 Å². The van der Waals surface area contributed by atoms with E-state index in [4.69, 9.17) is 9.26 Å². The summed E-state index contributed by atoms with van der Waals surface area (Å²) >= 11 is 0. The largest absolute Gasteiger partial charge is 0.495 e. The van der Waals surface area contributed by atoms with Gasteiger partial charge in [0.15, 0.2) is 9.84 Å². The number of ether oxygens (including phenoxy) is 1. The molecule has 0 amide bonds. The first-order valence-electron chi connectivity index (χ1n) is 11.0. The highest BCUT2D eigenvalue weighted by Gasteiger charge is 2.20. The van der Waals surface area contributed by atoms with Crippen LogP contribution in [0.4, 0.5) is 23.1 Å². The number of aryl methyl sites for hydroxylation is 2. The molecule has 0 radical (unpaired) electrons. The molecule has 5 rings (SSSR count). The molecule has 3 aromatic heterocycles. The molecule has 0 saturated heterocycles. The Kier molecular flexibility index (Phi) is 6.02. The van der Waals surface area contributed by atoms with Crippen LogP contribution in [0.15, 0.2) is 64.1 Å². The van der Waals surface area contributed by atoms with Crippen LogP contribution >= 0.6 is 0 Å². The fourth-order valence-corrected chi connectivity index (χ4v) is 5.00. The Hall–Kier alpha value is -4.45. The van der Waals surface area contributed by atoms with E-state index in [1.807, 2.05) is 25.1 Å². The minimum absolute atomic E-state index is 0.101. The van der Waals surface area contributed by atoms with Crippen LogP contribution in [0, 0.1) is 13.8 Å². The molecule has 0 aliphatic carbocycles. The van der Waals surface area contributed by atoms with E-state index in [2.05, 4.69) is 36.0 Å². The van der Waals surface area contributed by atoms with Crippen molar-refractivity contribution in [2.24, 2.45) is 0 Å². The van der Waals surface area contributed by atoms with Crippen LogP contribution in [0.5, 0.6) is 5.75 Å². The molecule has 0 aliphatic rings. The molecular formula is C24H23N7O4S. The Bertz CT molecular complexity index is 1660. The zero-order chi connectivity index (χ0) is 25.3. The highest BCUT2D eigenvalue weighted by molar-refractivity contribution is 7.90. The highest BCUT2D eigenvalue weighted by Crippen LogP contribution is 2.31. The summed E-state index contributed by atoms with van der Waals surface area (Å²) in [5.74, 6) is 1.51. The van der Waals surface area contributed by atoms with Crippen LogP contribution in [0.1, 0.15) is 17.1 Å². The van der Waals surface area contributed by atoms with Crippen LogP contribution < -0.4 is 15.4 Å². The molecule has 0 unspecified atom stereocenters. The number of methoxy groups -OCH3 is 1. The van der Waals surface area contributed by atoms with Gasteiger partial charge in [-0.2, -0.15) is 10.1 Å². The lowest BCUT2D eigenvalue weighted by Crippen LogP contribution is -2.07. The van der Waals surface area contributed by atoms with Gasteiger partial charge < -0.3 is 19.9 Å². The third-order valence-electron chi connectivity index (χ3n) is 5.47. The quantitative estimate of drug-likeness (QED) is 0.277. The first kappa shape index (κ1) is 23.3. The molecule has 184 valence electrons. The number of sulfone groups is 1. The van der Waals surface area contributed by atoms with Crippen molar-refractivity contribution in [2.45, 2.75) is 24.5 Å². The fraction of sp³-hybridized carbons (Fsp3) is 0.167. The van der Waals surface area contributed by atoms with Gasteiger partial charge in [-0.3, -0.25) is 5.10 Å². The summed E-state index contributed by atoms with van der Waals surface area (Å²) < 4.78 is 36.3. The number of fused-ring (bicyclic) bond motifs is 1. The minimum atomic E-state index is -3.68. The lowest BCUT2D eigenvalue weighted by atomic mass is 10.2. The second-order valence-electron chi connectivity index (χ2n) is 8.13. The third-order valence-corrected chi connectivity index (χ3v) is 7.12. The van der Waals surface area contributed by atoms with Crippen LogP contribution in [0.3, 0.4) is 0 Å². The summed E-state index contributed by atoms with van der Waals surface area (Å²) in [6.07, 6.45) is 1.59. The maximum atomic E-state index is 13.0. The monoisotopic (exact) mass is 505 g/mol. The van der Waals surface area contributed by atoms with Gasteiger partial charge in [0, 0.05) is 23.3 Å². The van der Waals surface area contributed by atoms with Crippen molar-refractivity contribution >= 4 is 43.9 Å².